The third kappa shape index (κ3) is 4.25. The fourth-order valence-electron chi connectivity index (χ4n) is 2.40. The number of hydrogen-bond donors (Lipinski definition) is 1. The first-order valence-electron chi connectivity index (χ1n) is 6.96. The van der Waals surface area contributed by atoms with Crippen LogP contribution >= 0.6 is 11.8 Å². The Hall–Kier alpha value is -0.610. The van der Waals surface area contributed by atoms with E-state index >= 15 is 0 Å². The van der Waals surface area contributed by atoms with Crippen molar-refractivity contribution in [1.82, 2.24) is 15.3 Å². The molecule has 1 heterocycles. The molecule has 0 bridgehead atoms. The summed E-state index contributed by atoms with van der Waals surface area (Å²) in [5, 5.41) is 4.94. The molecule has 1 aliphatic rings. The molecule has 1 aromatic rings. The molecule has 4 heteroatoms. The quantitative estimate of drug-likeness (QED) is 0.829. The number of thioether (sulfide) groups is 1. The summed E-state index contributed by atoms with van der Waals surface area (Å²) in [6.45, 7) is 6.31. The van der Waals surface area contributed by atoms with Crippen LogP contribution in [0.15, 0.2) is 17.6 Å². The van der Waals surface area contributed by atoms with Crippen molar-refractivity contribution in [1.29, 1.82) is 0 Å². The Morgan fingerprint density at radius 3 is 2.78 bits per heavy atom. The smallest absolute Gasteiger partial charge is 0.187 e. The van der Waals surface area contributed by atoms with Crippen molar-refractivity contribution in [2.45, 2.75) is 56.5 Å². The molecule has 3 nitrogen and oxygen atoms in total. The number of nitrogens with zero attached hydrogens (tertiary/aromatic N) is 2. The molecule has 1 aromatic heterocycles. The van der Waals surface area contributed by atoms with Gasteiger partial charge >= 0.3 is 0 Å². The zero-order chi connectivity index (χ0) is 12.8. The van der Waals surface area contributed by atoms with E-state index in [0.717, 1.165) is 24.2 Å². The minimum absolute atomic E-state index is 0.716. The number of rotatable bonds is 5. The van der Waals surface area contributed by atoms with E-state index in [2.05, 4.69) is 29.1 Å². The number of nitrogens with one attached hydrogen (secondary N) is 1. The molecule has 100 valence electrons. The first kappa shape index (κ1) is 13.8. The average molecular weight is 265 g/mol. The average Bonchev–Trinajstić information content (AvgIpc) is 2.38. The van der Waals surface area contributed by atoms with Crippen LogP contribution in [0.4, 0.5) is 0 Å². The van der Waals surface area contributed by atoms with E-state index in [9.17, 15) is 0 Å². The van der Waals surface area contributed by atoms with E-state index in [1.165, 1.54) is 31.2 Å². The minimum atomic E-state index is 0.716. The van der Waals surface area contributed by atoms with Crippen molar-refractivity contribution in [2.24, 2.45) is 5.92 Å². The van der Waals surface area contributed by atoms with Crippen LogP contribution < -0.4 is 5.32 Å². The highest BCUT2D eigenvalue weighted by Crippen LogP contribution is 2.34. The SMILES string of the molecule is CCNCc1cnc(SC2CCCC(C)C2)nc1. The van der Waals surface area contributed by atoms with Crippen LogP contribution in [-0.2, 0) is 6.54 Å². The summed E-state index contributed by atoms with van der Waals surface area (Å²) in [6.07, 6.45) is 9.27. The van der Waals surface area contributed by atoms with Crippen molar-refractivity contribution in [3.8, 4) is 0 Å². The highest BCUT2D eigenvalue weighted by atomic mass is 32.2. The van der Waals surface area contributed by atoms with Crippen molar-refractivity contribution in [2.75, 3.05) is 6.54 Å². The van der Waals surface area contributed by atoms with Crippen LogP contribution in [0.3, 0.4) is 0 Å². The molecule has 0 aromatic carbocycles. The summed E-state index contributed by atoms with van der Waals surface area (Å²) in [4.78, 5) is 8.93. The normalized spacial score (nSPS) is 24.1. The Morgan fingerprint density at radius 2 is 2.11 bits per heavy atom. The van der Waals surface area contributed by atoms with Gasteiger partial charge in [0.05, 0.1) is 0 Å². The zero-order valence-electron chi connectivity index (χ0n) is 11.4. The lowest BCUT2D eigenvalue weighted by atomic mass is 9.91. The van der Waals surface area contributed by atoms with Gasteiger partial charge in [-0.1, -0.05) is 38.5 Å². The molecule has 0 amide bonds. The van der Waals surface area contributed by atoms with Gasteiger partial charge in [0.1, 0.15) is 0 Å². The van der Waals surface area contributed by atoms with Gasteiger partial charge in [-0.15, -0.1) is 0 Å². The molecule has 2 atom stereocenters. The third-order valence-corrected chi connectivity index (χ3v) is 4.60. The molecule has 1 aliphatic carbocycles. The van der Waals surface area contributed by atoms with Crippen LogP contribution in [0.5, 0.6) is 0 Å². The highest BCUT2D eigenvalue weighted by Gasteiger charge is 2.20. The molecule has 2 rings (SSSR count). The zero-order valence-corrected chi connectivity index (χ0v) is 12.2. The fraction of sp³-hybridized carbons (Fsp3) is 0.714. The Morgan fingerprint density at radius 1 is 1.33 bits per heavy atom. The molecule has 1 fully saturated rings. The molecule has 2 unspecified atom stereocenters. The summed E-state index contributed by atoms with van der Waals surface area (Å²) in [5.41, 5.74) is 1.17. The van der Waals surface area contributed by atoms with Gasteiger partial charge in [-0.2, -0.15) is 0 Å². The molecular weight excluding hydrogens is 242 g/mol. The largest absolute Gasteiger partial charge is 0.313 e. The van der Waals surface area contributed by atoms with Gasteiger partial charge in [0.25, 0.3) is 0 Å². The van der Waals surface area contributed by atoms with Gasteiger partial charge in [0, 0.05) is 29.8 Å². The molecule has 1 N–H and O–H groups in total. The molecule has 0 aliphatic heterocycles. The summed E-state index contributed by atoms with van der Waals surface area (Å²) >= 11 is 1.86. The summed E-state index contributed by atoms with van der Waals surface area (Å²) in [5.74, 6) is 0.865. The minimum Gasteiger partial charge on any atom is -0.313 e. The molecular formula is C14H23N3S. The molecule has 0 spiro atoms. The van der Waals surface area contributed by atoms with Crippen LogP contribution in [0.2, 0.25) is 0 Å². The van der Waals surface area contributed by atoms with E-state index < -0.39 is 0 Å². The van der Waals surface area contributed by atoms with Crippen LogP contribution in [0.1, 0.15) is 45.1 Å². The van der Waals surface area contributed by atoms with Crippen molar-refractivity contribution in [3.05, 3.63) is 18.0 Å². The summed E-state index contributed by atoms with van der Waals surface area (Å²) in [7, 11) is 0. The Balaban J connectivity index is 1.85. The van der Waals surface area contributed by atoms with Gasteiger partial charge in [-0.25, -0.2) is 9.97 Å². The summed E-state index contributed by atoms with van der Waals surface area (Å²) < 4.78 is 0. The van der Waals surface area contributed by atoms with Gasteiger partial charge in [0.15, 0.2) is 5.16 Å². The molecule has 0 radical (unpaired) electrons. The molecule has 1 saturated carbocycles. The second-order valence-corrected chi connectivity index (χ2v) is 6.43. The van der Waals surface area contributed by atoms with Crippen molar-refractivity contribution in [3.63, 3.8) is 0 Å². The van der Waals surface area contributed by atoms with E-state index in [1.807, 2.05) is 24.2 Å². The van der Waals surface area contributed by atoms with Gasteiger partial charge in [0.2, 0.25) is 0 Å². The number of hydrogen-bond acceptors (Lipinski definition) is 4. The first-order valence-corrected chi connectivity index (χ1v) is 7.84. The van der Waals surface area contributed by atoms with E-state index in [4.69, 9.17) is 0 Å². The van der Waals surface area contributed by atoms with Crippen LogP contribution in [0.25, 0.3) is 0 Å². The maximum Gasteiger partial charge on any atom is 0.187 e. The Kier molecular flexibility index (Phi) is 5.45. The molecule has 0 saturated heterocycles. The lowest BCUT2D eigenvalue weighted by molar-refractivity contribution is 0.394. The lowest BCUT2D eigenvalue weighted by Crippen LogP contribution is -2.15. The predicted octanol–water partition coefficient (Wildman–Crippen LogP) is 3.26. The first-order chi connectivity index (χ1) is 8.78. The third-order valence-electron chi connectivity index (χ3n) is 3.42. The lowest BCUT2D eigenvalue weighted by Gasteiger charge is -2.25. The monoisotopic (exact) mass is 265 g/mol. The summed E-state index contributed by atoms with van der Waals surface area (Å²) in [6, 6.07) is 0. The standard InChI is InChI=1S/C14H23N3S/c1-3-15-8-12-9-16-14(17-10-12)18-13-6-4-5-11(2)7-13/h9-11,13,15H,3-8H2,1-2H3. The van der Waals surface area contributed by atoms with Crippen molar-refractivity contribution < 1.29 is 0 Å². The van der Waals surface area contributed by atoms with Gasteiger partial charge < -0.3 is 5.32 Å². The van der Waals surface area contributed by atoms with Gasteiger partial charge in [-0.3, -0.25) is 0 Å². The van der Waals surface area contributed by atoms with Crippen LogP contribution in [0, 0.1) is 5.92 Å². The van der Waals surface area contributed by atoms with E-state index in [-0.39, 0.29) is 0 Å². The number of aromatic nitrogens is 2. The van der Waals surface area contributed by atoms with E-state index in [0.29, 0.717) is 5.25 Å². The van der Waals surface area contributed by atoms with E-state index in [1.54, 1.807) is 0 Å². The second kappa shape index (κ2) is 7.10. The Labute approximate surface area is 114 Å². The fourth-order valence-corrected chi connectivity index (χ4v) is 3.63. The second-order valence-electron chi connectivity index (χ2n) is 5.17. The predicted molar refractivity (Wildman–Crippen MR) is 76.7 cm³/mol. The Bertz CT molecular complexity index is 353. The van der Waals surface area contributed by atoms with Crippen molar-refractivity contribution >= 4 is 11.8 Å². The topological polar surface area (TPSA) is 37.8 Å². The molecule has 18 heavy (non-hydrogen) atoms. The van der Waals surface area contributed by atoms with Gasteiger partial charge in [-0.05, 0) is 25.3 Å². The highest BCUT2D eigenvalue weighted by molar-refractivity contribution is 7.99. The van der Waals surface area contributed by atoms with Crippen LogP contribution in [-0.4, -0.2) is 21.8 Å². The maximum absolute atomic E-state index is 4.46. The maximum atomic E-state index is 4.46.